The Balaban J connectivity index is 1.26. The monoisotopic (exact) mass is 467 g/mol. The van der Waals surface area contributed by atoms with Crippen LogP contribution in [0.25, 0.3) is 6.08 Å². The number of fused-ring (bicyclic) bond motifs is 1. The summed E-state index contributed by atoms with van der Waals surface area (Å²) in [5, 5.41) is 7.54. The van der Waals surface area contributed by atoms with Gasteiger partial charge in [-0.3, -0.25) is 4.79 Å². The molecule has 0 aliphatic carbocycles. The molecule has 0 bridgehead atoms. The fourth-order valence-corrected chi connectivity index (χ4v) is 3.55. The standard InChI is InChI=1S/C24H22ClN3O5/c1-16-19(24(25)28(27-16)13-17-5-3-2-4-6-17)8-10-23(30)31-14-22(29)26-12-18-7-9-20-21(11-18)33-15-32-20/h2-11H,12-15H2,1H3,(H,26,29)/b10-8+. The number of nitrogens with zero attached hydrogens (tertiary/aromatic N) is 2. The minimum atomic E-state index is -0.653. The van der Waals surface area contributed by atoms with Crippen LogP contribution in [0.5, 0.6) is 11.5 Å². The number of esters is 1. The highest BCUT2D eigenvalue weighted by molar-refractivity contribution is 6.31. The number of aromatic nitrogens is 2. The van der Waals surface area contributed by atoms with E-state index in [4.69, 9.17) is 25.8 Å². The first kappa shape index (κ1) is 22.4. The van der Waals surface area contributed by atoms with Crippen molar-refractivity contribution in [1.29, 1.82) is 0 Å². The van der Waals surface area contributed by atoms with E-state index in [0.717, 1.165) is 11.1 Å². The lowest BCUT2D eigenvalue weighted by molar-refractivity contribution is -0.143. The predicted molar refractivity (Wildman–Crippen MR) is 122 cm³/mol. The fraction of sp³-hybridized carbons (Fsp3) is 0.208. The SMILES string of the molecule is Cc1nn(Cc2ccccc2)c(Cl)c1/C=C/C(=O)OCC(=O)NCc1ccc2c(c1)OCO2. The van der Waals surface area contributed by atoms with E-state index < -0.39 is 18.5 Å². The van der Waals surface area contributed by atoms with Crippen LogP contribution in [0.1, 0.15) is 22.4 Å². The number of halogens is 1. The second-order valence-electron chi connectivity index (χ2n) is 7.34. The molecule has 0 fully saturated rings. The molecule has 0 radical (unpaired) electrons. The summed E-state index contributed by atoms with van der Waals surface area (Å²) in [7, 11) is 0. The number of hydrogen-bond donors (Lipinski definition) is 1. The second-order valence-corrected chi connectivity index (χ2v) is 7.70. The van der Waals surface area contributed by atoms with Crippen molar-refractivity contribution < 1.29 is 23.8 Å². The lowest BCUT2D eigenvalue weighted by atomic mass is 10.2. The zero-order valence-electron chi connectivity index (χ0n) is 17.9. The molecule has 1 aliphatic rings. The molecule has 0 atom stereocenters. The Morgan fingerprint density at radius 3 is 2.76 bits per heavy atom. The summed E-state index contributed by atoms with van der Waals surface area (Å²) < 4.78 is 17.2. The lowest BCUT2D eigenvalue weighted by Crippen LogP contribution is -2.28. The van der Waals surface area contributed by atoms with Gasteiger partial charge in [0.2, 0.25) is 6.79 Å². The smallest absolute Gasteiger partial charge is 0.331 e. The van der Waals surface area contributed by atoms with Gasteiger partial charge in [-0.15, -0.1) is 0 Å². The summed E-state index contributed by atoms with van der Waals surface area (Å²) in [6.07, 6.45) is 2.77. The molecule has 0 saturated heterocycles. The summed E-state index contributed by atoms with van der Waals surface area (Å²) >= 11 is 6.44. The fourth-order valence-electron chi connectivity index (χ4n) is 3.26. The molecule has 1 N–H and O–H groups in total. The molecular weight excluding hydrogens is 446 g/mol. The van der Waals surface area contributed by atoms with Crippen LogP contribution in [0, 0.1) is 6.92 Å². The summed E-state index contributed by atoms with van der Waals surface area (Å²) in [4.78, 5) is 24.1. The highest BCUT2D eigenvalue weighted by Gasteiger charge is 2.14. The minimum absolute atomic E-state index is 0.188. The van der Waals surface area contributed by atoms with Crippen LogP contribution in [-0.2, 0) is 27.4 Å². The van der Waals surface area contributed by atoms with Gasteiger partial charge in [0.15, 0.2) is 18.1 Å². The molecule has 33 heavy (non-hydrogen) atoms. The van der Waals surface area contributed by atoms with Gasteiger partial charge in [0.1, 0.15) is 5.15 Å². The largest absolute Gasteiger partial charge is 0.454 e. The topological polar surface area (TPSA) is 91.7 Å². The molecule has 1 aliphatic heterocycles. The van der Waals surface area contributed by atoms with Crippen molar-refractivity contribution in [2.45, 2.75) is 20.0 Å². The first-order valence-electron chi connectivity index (χ1n) is 10.3. The quantitative estimate of drug-likeness (QED) is 0.403. The molecule has 1 amide bonds. The van der Waals surface area contributed by atoms with E-state index in [1.165, 1.54) is 6.08 Å². The summed E-state index contributed by atoms with van der Waals surface area (Å²) in [5.74, 6) is 0.241. The Kier molecular flexibility index (Phi) is 6.95. The highest BCUT2D eigenvalue weighted by atomic mass is 35.5. The maximum Gasteiger partial charge on any atom is 0.331 e. The Bertz CT molecular complexity index is 1190. The van der Waals surface area contributed by atoms with Gasteiger partial charge in [0, 0.05) is 18.2 Å². The third-order valence-corrected chi connectivity index (χ3v) is 5.34. The van der Waals surface area contributed by atoms with Crippen molar-refractivity contribution in [2.75, 3.05) is 13.4 Å². The molecule has 2 aromatic carbocycles. The average molecular weight is 468 g/mol. The molecule has 1 aromatic heterocycles. The van der Waals surface area contributed by atoms with Gasteiger partial charge >= 0.3 is 5.97 Å². The maximum absolute atomic E-state index is 12.1. The van der Waals surface area contributed by atoms with E-state index in [0.29, 0.717) is 34.5 Å². The lowest BCUT2D eigenvalue weighted by Gasteiger charge is -2.06. The van der Waals surface area contributed by atoms with Crippen LogP contribution in [0.3, 0.4) is 0 Å². The van der Waals surface area contributed by atoms with Crippen LogP contribution in [-0.4, -0.2) is 35.1 Å². The van der Waals surface area contributed by atoms with E-state index in [-0.39, 0.29) is 13.3 Å². The zero-order valence-corrected chi connectivity index (χ0v) is 18.7. The second kappa shape index (κ2) is 10.2. The molecule has 170 valence electrons. The van der Waals surface area contributed by atoms with Crippen LogP contribution in [0.2, 0.25) is 5.15 Å². The van der Waals surface area contributed by atoms with E-state index in [9.17, 15) is 9.59 Å². The van der Waals surface area contributed by atoms with Crippen LogP contribution < -0.4 is 14.8 Å². The third-order valence-electron chi connectivity index (χ3n) is 4.94. The van der Waals surface area contributed by atoms with E-state index in [1.807, 2.05) is 43.3 Å². The molecule has 2 heterocycles. The molecule has 3 aromatic rings. The maximum atomic E-state index is 12.1. The van der Waals surface area contributed by atoms with Gasteiger partial charge in [0.25, 0.3) is 5.91 Å². The molecule has 0 unspecified atom stereocenters. The molecule has 0 spiro atoms. The summed E-state index contributed by atoms with van der Waals surface area (Å²) in [6.45, 7) is 2.39. The average Bonchev–Trinajstić information content (AvgIpc) is 3.39. The molecule has 8 nitrogen and oxygen atoms in total. The van der Waals surface area contributed by atoms with Crippen molar-refractivity contribution in [3.05, 3.63) is 82.1 Å². The number of rotatable bonds is 8. The van der Waals surface area contributed by atoms with Gasteiger partial charge in [-0.1, -0.05) is 48.0 Å². The number of carbonyl (C=O) groups excluding carboxylic acids is 2. The summed E-state index contributed by atoms with van der Waals surface area (Å²) in [6, 6.07) is 15.2. The Morgan fingerprint density at radius 1 is 1.15 bits per heavy atom. The van der Waals surface area contributed by atoms with E-state index >= 15 is 0 Å². The Morgan fingerprint density at radius 2 is 1.94 bits per heavy atom. The molecular formula is C24H22ClN3O5. The predicted octanol–water partition coefficient (Wildman–Crippen LogP) is 3.49. The van der Waals surface area contributed by atoms with Crippen LogP contribution >= 0.6 is 11.6 Å². The first-order valence-corrected chi connectivity index (χ1v) is 10.6. The zero-order chi connectivity index (χ0) is 23.2. The number of ether oxygens (including phenoxy) is 3. The highest BCUT2D eigenvalue weighted by Crippen LogP contribution is 2.32. The van der Waals surface area contributed by atoms with Gasteiger partial charge in [-0.25, -0.2) is 9.48 Å². The van der Waals surface area contributed by atoms with Crippen molar-refractivity contribution in [3.63, 3.8) is 0 Å². The number of amides is 1. The third kappa shape index (κ3) is 5.72. The Hall–Kier alpha value is -3.78. The van der Waals surface area contributed by atoms with Gasteiger partial charge < -0.3 is 19.5 Å². The van der Waals surface area contributed by atoms with Crippen molar-refractivity contribution in [3.8, 4) is 11.5 Å². The van der Waals surface area contributed by atoms with Crippen molar-refractivity contribution >= 4 is 29.6 Å². The van der Waals surface area contributed by atoms with Crippen molar-refractivity contribution in [1.82, 2.24) is 15.1 Å². The van der Waals surface area contributed by atoms with E-state index in [2.05, 4.69) is 10.4 Å². The van der Waals surface area contributed by atoms with Crippen molar-refractivity contribution in [2.24, 2.45) is 0 Å². The number of benzene rings is 2. The van der Waals surface area contributed by atoms with Gasteiger partial charge in [-0.05, 0) is 36.3 Å². The van der Waals surface area contributed by atoms with Crippen LogP contribution in [0.15, 0.2) is 54.6 Å². The number of aryl methyl sites for hydroxylation is 1. The summed E-state index contributed by atoms with van der Waals surface area (Å²) in [5.41, 5.74) is 3.21. The molecule has 4 rings (SSSR count). The van der Waals surface area contributed by atoms with Gasteiger partial charge in [0.05, 0.1) is 12.2 Å². The minimum Gasteiger partial charge on any atom is -0.454 e. The normalized spacial score (nSPS) is 12.2. The molecule has 9 heteroatoms. The van der Waals surface area contributed by atoms with Crippen LogP contribution in [0.4, 0.5) is 0 Å². The number of hydrogen-bond acceptors (Lipinski definition) is 6. The first-order chi connectivity index (χ1) is 16.0. The Labute approximate surface area is 195 Å². The van der Waals surface area contributed by atoms with Gasteiger partial charge in [-0.2, -0.15) is 5.10 Å². The number of nitrogens with one attached hydrogen (secondary N) is 1. The number of carbonyl (C=O) groups is 2. The van der Waals surface area contributed by atoms with E-state index in [1.54, 1.807) is 22.9 Å². The molecule has 0 saturated carbocycles.